The van der Waals surface area contributed by atoms with Crippen LogP contribution in [0, 0.1) is 0 Å². The standard InChI is InChI=1S/C10H9Cl2N3S/c1-2-13-10-15-14-9(16-10)7-4-3-6(11)5-8(7)12/h3-5H,2H2,1H3,(H,13,15). The number of hydrogen-bond acceptors (Lipinski definition) is 4. The highest BCUT2D eigenvalue weighted by molar-refractivity contribution is 7.18. The van der Waals surface area contributed by atoms with Gasteiger partial charge in [-0.2, -0.15) is 0 Å². The fourth-order valence-electron chi connectivity index (χ4n) is 1.22. The molecule has 16 heavy (non-hydrogen) atoms. The summed E-state index contributed by atoms with van der Waals surface area (Å²) in [7, 11) is 0. The van der Waals surface area contributed by atoms with E-state index in [1.54, 1.807) is 12.1 Å². The highest BCUT2D eigenvalue weighted by Crippen LogP contribution is 2.33. The molecule has 6 heteroatoms. The van der Waals surface area contributed by atoms with Crippen molar-refractivity contribution in [3.8, 4) is 10.6 Å². The summed E-state index contributed by atoms with van der Waals surface area (Å²) in [6.07, 6.45) is 0. The molecule has 0 amide bonds. The molecule has 1 aromatic heterocycles. The molecule has 0 fully saturated rings. The van der Waals surface area contributed by atoms with E-state index in [9.17, 15) is 0 Å². The van der Waals surface area contributed by atoms with Gasteiger partial charge in [0.1, 0.15) is 0 Å². The number of hydrogen-bond donors (Lipinski definition) is 1. The van der Waals surface area contributed by atoms with Crippen LogP contribution >= 0.6 is 34.5 Å². The van der Waals surface area contributed by atoms with E-state index >= 15 is 0 Å². The second-order valence-electron chi connectivity index (χ2n) is 3.07. The van der Waals surface area contributed by atoms with Crippen LogP contribution in [-0.2, 0) is 0 Å². The van der Waals surface area contributed by atoms with Gasteiger partial charge in [-0.3, -0.25) is 0 Å². The van der Waals surface area contributed by atoms with Crippen LogP contribution in [0.3, 0.4) is 0 Å². The van der Waals surface area contributed by atoms with Gasteiger partial charge in [0.2, 0.25) is 5.13 Å². The zero-order valence-corrected chi connectivity index (χ0v) is 10.8. The molecule has 84 valence electrons. The average molecular weight is 274 g/mol. The van der Waals surface area contributed by atoms with Gasteiger partial charge in [0.25, 0.3) is 0 Å². The van der Waals surface area contributed by atoms with Crippen LogP contribution in [0.15, 0.2) is 18.2 Å². The molecule has 0 aliphatic carbocycles. The number of nitrogens with zero attached hydrogens (tertiary/aromatic N) is 2. The van der Waals surface area contributed by atoms with Crippen LogP contribution in [-0.4, -0.2) is 16.7 Å². The van der Waals surface area contributed by atoms with Gasteiger partial charge in [-0.05, 0) is 25.1 Å². The Kier molecular flexibility index (Phi) is 3.63. The SMILES string of the molecule is CCNc1nnc(-c2ccc(Cl)cc2Cl)s1. The van der Waals surface area contributed by atoms with Crippen molar-refractivity contribution in [1.29, 1.82) is 0 Å². The van der Waals surface area contributed by atoms with Gasteiger partial charge < -0.3 is 5.32 Å². The summed E-state index contributed by atoms with van der Waals surface area (Å²) in [5, 5.41) is 14.0. The lowest BCUT2D eigenvalue weighted by molar-refractivity contribution is 1.07. The van der Waals surface area contributed by atoms with E-state index in [0.717, 1.165) is 22.2 Å². The van der Waals surface area contributed by atoms with Crippen LogP contribution in [0.5, 0.6) is 0 Å². The second kappa shape index (κ2) is 4.99. The molecule has 0 saturated carbocycles. The van der Waals surface area contributed by atoms with Gasteiger partial charge in [-0.1, -0.05) is 34.5 Å². The largest absolute Gasteiger partial charge is 0.360 e. The van der Waals surface area contributed by atoms with E-state index in [1.165, 1.54) is 11.3 Å². The molecule has 1 aromatic carbocycles. The Morgan fingerprint density at radius 3 is 2.81 bits per heavy atom. The monoisotopic (exact) mass is 273 g/mol. The topological polar surface area (TPSA) is 37.8 Å². The molecule has 3 nitrogen and oxygen atoms in total. The molecular weight excluding hydrogens is 265 g/mol. The second-order valence-corrected chi connectivity index (χ2v) is 4.89. The molecular formula is C10H9Cl2N3S. The first kappa shape index (κ1) is 11.6. The van der Waals surface area contributed by atoms with Crippen molar-refractivity contribution in [3.63, 3.8) is 0 Å². The number of benzene rings is 1. The summed E-state index contributed by atoms with van der Waals surface area (Å²) in [6.45, 7) is 2.83. The van der Waals surface area contributed by atoms with Crippen molar-refractivity contribution in [2.24, 2.45) is 0 Å². The fraction of sp³-hybridized carbons (Fsp3) is 0.200. The molecule has 0 unspecified atom stereocenters. The number of nitrogens with one attached hydrogen (secondary N) is 1. The lowest BCUT2D eigenvalue weighted by Gasteiger charge is -1.99. The predicted octanol–water partition coefficient (Wildman–Crippen LogP) is 3.94. The van der Waals surface area contributed by atoms with E-state index in [-0.39, 0.29) is 0 Å². The summed E-state index contributed by atoms with van der Waals surface area (Å²) < 4.78 is 0. The Balaban J connectivity index is 2.35. The van der Waals surface area contributed by atoms with Crippen molar-refractivity contribution in [2.75, 3.05) is 11.9 Å². The lowest BCUT2D eigenvalue weighted by atomic mass is 10.2. The van der Waals surface area contributed by atoms with Crippen LogP contribution in [0.4, 0.5) is 5.13 Å². The van der Waals surface area contributed by atoms with Crippen LogP contribution in [0.2, 0.25) is 10.0 Å². The molecule has 0 bridgehead atoms. The van der Waals surface area contributed by atoms with E-state index < -0.39 is 0 Å². The van der Waals surface area contributed by atoms with Crippen molar-refractivity contribution in [2.45, 2.75) is 6.92 Å². The fourth-order valence-corrected chi connectivity index (χ4v) is 2.62. The lowest BCUT2D eigenvalue weighted by Crippen LogP contribution is -1.94. The van der Waals surface area contributed by atoms with Gasteiger partial charge in [0.15, 0.2) is 5.01 Å². The Bertz CT molecular complexity index is 499. The zero-order chi connectivity index (χ0) is 11.5. The van der Waals surface area contributed by atoms with E-state index in [4.69, 9.17) is 23.2 Å². The van der Waals surface area contributed by atoms with Gasteiger partial charge in [0.05, 0.1) is 5.02 Å². The minimum atomic E-state index is 0.590. The maximum Gasteiger partial charge on any atom is 0.205 e. The Morgan fingerprint density at radius 1 is 1.31 bits per heavy atom. The Labute approximate surface area is 107 Å². The average Bonchev–Trinajstić information content (AvgIpc) is 2.67. The minimum Gasteiger partial charge on any atom is -0.360 e. The number of rotatable bonds is 3. The third-order valence-electron chi connectivity index (χ3n) is 1.91. The summed E-state index contributed by atoms with van der Waals surface area (Å²) >= 11 is 13.4. The summed E-state index contributed by atoms with van der Waals surface area (Å²) in [6, 6.07) is 5.34. The molecule has 0 saturated heterocycles. The Morgan fingerprint density at radius 2 is 2.12 bits per heavy atom. The molecule has 0 aliphatic rings. The summed E-state index contributed by atoms with van der Waals surface area (Å²) in [5.41, 5.74) is 0.854. The van der Waals surface area contributed by atoms with Crippen molar-refractivity contribution in [3.05, 3.63) is 28.2 Å². The summed E-state index contributed by atoms with van der Waals surface area (Å²) in [4.78, 5) is 0. The normalized spacial score (nSPS) is 10.4. The molecule has 0 radical (unpaired) electrons. The molecule has 1 heterocycles. The van der Waals surface area contributed by atoms with Gasteiger partial charge in [-0.15, -0.1) is 10.2 Å². The smallest absolute Gasteiger partial charge is 0.205 e. The van der Waals surface area contributed by atoms with E-state index in [0.29, 0.717) is 10.0 Å². The number of halogens is 2. The van der Waals surface area contributed by atoms with Crippen LogP contribution in [0.1, 0.15) is 6.92 Å². The van der Waals surface area contributed by atoms with Gasteiger partial charge >= 0.3 is 0 Å². The first-order valence-corrected chi connectivity index (χ1v) is 6.30. The number of anilines is 1. The molecule has 2 aromatic rings. The third-order valence-corrected chi connectivity index (χ3v) is 3.38. The minimum absolute atomic E-state index is 0.590. The number of aromatic nitrogens is 2. The van der Waals surface area contributed by atoms with E-state index in [1.807, 2.05) is 13.0 Å². The molecule has 0 spiro atoms. The van der Waals surface area contributed by atoms with E-state index in [2.05, 4.69) is 15.5 Å². The predicted molar refractivity (Wildman–Crippen MR) is 69.5 cm³/mol. The first-order valence-electron chi connectivity index (χ1n) is 4.73. The maximum absolute atomic E-state index is 6.08. The molecule has 0 aliphatic heterocycles. The maximum atomic E-state index is 6.08. The third kappa shape index (κ3) is 2.45. The van der Waals surface area contributed by atoms with Crippen molar-refractivity contribution < 1.29 is 0 Å². The van der Waals surface area contributed by atoms with Crippen LogP contribution in [0.25, 0.3) is 10.6 Å². The van der Waals surface area contributed by atoms with Gasteiger partial charge in [0, 0.05) is 17.1 Å². The van der Waals surface area contributed by atoms with Gasteiger partial charge in [-0.25, -0.2) is 0 Å². The quantitative estimate of drug-likeness (QED) is 0.921. The molecule has 2 rings (SSSR count). The highest BCUT2D eigenvalue weighted by Gasteiger charge is 2.09. The molecule has 1 N–H and O–H groups in total. The molecule has 0 atom stereocenters. The highest BCUT2D eigenvalue weighted by atomic mass is 35.5. The van der Waals surface area contributed by atoms with Crippen molar-refractivity contribution in [1.82, 2.24) is 10.2 Å². The zero-order valence-electron chi connectivity index (χ0n) is 8.50. The Hall–Kier alpha value is -0.840. The van der Waals surface area contributed by atoms with Crippen molar-refractivity contribution >= 4 is 39.7 Å². The summed E-state index contributed by atoms with van der Waals surface area (Å²) in [5.74, 6) is 0. The first-order chi connectivity index (χ1) is 7.70. The van der Waals surface area contributed by atoms with Crippen LogP contribution < -0.4 is 5.32 Å².